The zero-order chi connectivity index (χ0) is 9.97. The first-order chi connectivity index (χ1) is 6.83. The Bertz CT molecular complexity index is 439. The Balaban J connectivity index is 2.43. The normalized spacial score (nSPS) is 10.7. The molecule has 1 radical (unpaired) electrons. The maximum absolute atomic E-state index is 8.84. The molecule has 4 N–H and O–H groups in total. The number of aromatic amines is 1. The molecule has 3 nitrogen and oxygen atoms in total. The van der Waals surface area contributed by atoms with Crippen molar-refractivity contribution >= 4 is 24.0 Å². The maximum atomic E-state index is 8.84. The molecular formula is C10H12BN2O. The minimum absolute atomic E-state index is 0.662. The van der Waals surface area contributed by atoms with Crippen molar-refractivity contribution in [3.8, 4) is 0 Å². The van der Waals surface area contributed by atoms with Crippen LogP contribution in [0.2, 0.25) is 0 Å². The van der Waals surface area contributed by atoms with E-state index in [0.717, 1.165) is 30.4 Å². The van der Waals surface area contributed by atoms with E-state index in [9.17, 15) is 0 Å². The van der Waals surface area contributed by atoms with Crippen molar-refractivity contribution in [2.75, 3.05) is 6.54 Å². The van der Waals surface area contributed by atoms with Crippen molar-refractivity contribution in [2.45, 2.75) is 6.42 Å². The molecule has 1 aromatic heterocycles. The molecule has 0 saturated heterocycles. The number of nitrogens with two attached hydrogens (primary N) is 1. The summed E-state index contributed by atoms with van der Waals surface area (Å²) in [6.45, 7) is 0.662. The minimum atomic E-state index is 0.662. The van der Waals surface area contributed by atoms with Crippen LogP contribution < -0.4 is 11.3 Å². The summed E-state index contributed by atoms with van der Waals surface area (Å²) in [7, 11) is 1.07. The Morgan fingerprint density at radius 3 is 2.93 bits per heavy atom. The molecule has 0 fully saturated rings. The first-order valence-electron chi connectivity index (χ1n) is 4.62. The van der Waals surface area contributed by atoms with Crippen LogP contribution in [0.3, 0.4) is 0 Å². The van der Waals surface area contributed by atoms with Crippen LogP contribution in [-0.4, -0.2) is 24.0 Å². The van der Waals surface area contributed by atoms with Gasteiger partial charge in [0.2, 0.25) is 0 Å². The lowest BCUT2D eigenvalue weighted by Crippen LogP contribution is -2.13. The van der Waals surface area contributed by atoms with Crippen LogP contribution in [-0.2, 0) is 6.42 Å². The monoisotopic (exact) mass is 187 g/mol. The predicted octanol–water partition coefficient (Wildman–Crippen LogP) is -0.0941. The highest BCUT2D eigenvalue weighted by atomic mass is 16.2. The Morgan fingerprint density at radius 1 is 1.36 bits per heavy atom. The SMILES string of the molecule is NCCc1ccc2[nH]c([B]O)cc2c1. The summed E-state index contributed by atoms with van der Waals surface area (Å²) in [5.74, 6) is 0. The number of benzene rings is 1. The molecule has 0 atom stereocenters. The second-order valence-corrected chi connectivity index (χ2v) is 3.31. The van der Waals surface area contributed by atoms with Crippen LogP contribution in [0, 0.1) is 0 Å². The molecule has 0 aliphatic carbocycles. The molecule has 0 spiro atoms. The summed E-state index contributed by atoms with van der Waals surface area (Å²) in [5, 5.41) is 9.94. The van der Waals surface area contributed by atoms with E-state index < -0.39 is 0 Å². The highest BCUT2D eigenvalue weighted by Crippen LogP contribution is 2.13. The van der Waals surface area contributed by atoms with E-state index in [4.69, 9.17) is 10.8 Å². The van der Waals surface area contributed by atoms with Gasteiger partial charge in [0.15, 0.2) is 0 Å². The molecule has 0 aliphatic heterocycles. The highest BCUT2D eigenvalue weighted by molar-refractivity contribution is 6.45. The van der Waals surface area contributed by atoms with Crippen LogP contribution in [0.4, 0.5) is 0 Å². The largest absolute Gasteiger partial charge is 0.449 e. The maximum Gasteiger partial charge on any atom is 0.345 e. The van der Waals surface area contributed by atoms with Crippen LogP contribution in [0.1, 0.15) is 5.56 Å². The van der Waals surface area contributed by atoms with Crippen LogP contribution in [0.15, 0.2) is 24.3 Å². The lowest BCUT2D eigenvalue weighted by atomic mass is 9.96. The first kappa shape index (κ1) is 9.31. The van der Waals surface area contributed by atoms with Gasteiger partial charge in [-0.15, -0.1) is 0 Å². The standard InChI is InChI=1S/C10H12BN2O/c12-4-3-7-1-2-9-8(5-7)6-10(11-14)13-9/h1-2,5-6,13-14H,3-4,12H2. The van der Waals surface area contributed by atoms with Crippen molar-refractivity contribution in [1.29, 1.82) is 0 Å². The van der Waals surface area contributed by atoms with E-state index in [1.54, 1.807) is 0 Å². The molecule has 0 saturated carbocycles. The van der Waals surface area contributed by atoms with Crippen molar-refractivity contribution < 1.29 is 5.02 Å². The number of rotatable bonds is 3. The first-order valence-corrected chi connectivity index (χ1v) is 4.62. The van der Waals surface area contributed by atoms with Crippen LogP contribution in [0.25, 0.3) is 10.9 Å². The third kappa shape index (κ3) is 1.67. The lowest BCUT2D eigenvalue weighted by molar-refractivity contribution is 0.614. The summed E-state index contributed by atoms with van der Waals surface area (Å²) < 4.78 is 0. The molecule has 1 aromatic carbocycles. The van der Waals surface area contributed by atoms with Crippen LogP contribution >= 0.6 is 0 Å². The number of aromatic nitrogens is 1. The molecule has 0 bridgehead atoms. The molecule has 71 valence electrons. The fourth-order valence-corrected chi connectivity index (χ4v) is 1.60. The predicted molar refractivity (Wildman–Crippen MR) is 58.7 cm³/mol. The van der Waals surface area contributed by atoms with Gasteiger partial charge in [0.05, 0.1) is 0 Å². The molecule has 14 heavy (non-hydrogen) atoms. The van der Waals surface area contributed by atoms with E-state index in [1.807, 2.05) is 18.2 Å². The minimum Gasteiger partial charge on any atom is -0.449 e. The number of H-pyrrole nitrogens is 1. The zero-order valence-electron chi connectivity index (χ0n) is 7.83. The lowest BCUT2D eigenvalue weighted by Gasteiger charge is -1.97. The van der Waals surface area contributed by atoms with Gasteiger partial charge in [0.1, 0.15) is 0 Å². The summed E-state index contributed by atoms with van der Waals surface area (Å²) in [4.78, 5) is 3.08. The molecule has 2 rings (SSSR count). The quantitative estimate of drug-likeness (QED) is 0.588. The van der Waals surface area contributed by atoms with Gasteiger partial charge < -0.3 is 15.7 Å². The molecule has 0 unspecified atom stereocenters. The topological polar surface area (TPSA) is 62.0 Å². The second kappa shape index (κ2) is 3.86. The third-order valence-electron chi connectivity index (χ3n) is 2.28. The summed E-state index contributed by atoms with van der Waals surface area (Å²) >= 11 is 0. The van der Waals surface area contributed by atoms with Crippen molar-refractivity contribution in [2.24, 2.45) is 5.73 Å². The number of hydrogen-bond donors (Lipinski definition) is 3. The Kier molecular flexibility index (Phi) is 2.57. The number of nitrogens with one attached hydrogen (secondary N) is 1. The van der Waals surface area contributed by atoms with E-state index in [2.05, 4.69) is 11.1 Å². The van der Waals surface area contributed by atoms with Gasteiger partial charge in [0.25, 0.3) is 0 Å². The van der Waals surface area contributed by atoms with Crippen molar-refractivity contribution in [3.63, 3.8) is 0 Å². The smallest absolute Gasteiger partial charge is 0.345 e. The van der Waals surface area contributed by atoms with Gasteiger partial charge in [-0.05, 0) is 42.1 Å². The van der Waals surface area contributed by atoms with Gasteiger partial charge in [-0.2, -0.15) is 0 Å². The van der Waals surface area contributed by atoms with Gasteiger partial charge in [-0.3, -0.25) is 0 Å². The average molecular weight is 187 g/mol. The molecule has 0 aliphatic rings. The van der Waals surface area contributed by atoms with E-state index in [1.165, 1.54) is 5.56 Å². The molecular weight excluding hydrogens is 175 g/mol. The molecule has 4 heteroatoms. The van der Waals surface area contributed by atoms with Crippen molar-refractivity contribution in [1.82, 2.24) is 4.98 Å². The summed E-state index contributed by atoms with van der Waals surface area (Å²) in [6.07, 6.45) is 0.888. The Labute approximate surface area is 83.2 Å². The average Bonchev–Trinajstić information content (AvgIpc) is 2.60. The number of hydrogen-bond acceptors (Lipinski definition) is 2. The number of fused-ring (bicyclic) bond motifs is 1. The van der Waals surface area contributed by atoms with Gasteiger partial charge in [-0.25, -0.2) is 0 Å². The summed E-state index contributed by atoms with van der Waals surface area (Å²) in [6, 6.07) is 8.06. The fraction of sp³-hybridized carbons (Fsp3) is 0.200. The third-order valence-corrected chi connectivity index (χ3v) is 2.28. The van der Waals surface area contributed by atoms with E-state index >= 15 is 0 Å². The fourth-order valence-electron chi connectivity index (χ4n) is 1.60. The van der Waals surface area contributed by atoms with E-state index in [-0.39, 0.29) is 0 Å². The molecule has 1 heterocycles. The molecule has 0 amide bonds. The van der Waals surface area contributed by atoms with Gasteiger partial charge >= 0.3 is 7.48 Å². The molecule has 2 aromatic rings. The van der Waals surface area contributed by atoms with Gasteiger partial charge in [-0.1, -0.05) is 6.07 Å². The Morgan fingerprint density at radius 2 is 2.21 bits per heavy atom. The van der Waals surface area contributed by atoms with Gasteiger partial charge in [0, 0.05) is 11.1 Å². The van der Waals surface area contributed by atoms with E-state index in [0.29, 0.717) is 6.54 Å². The second-order valence-electron chi connectivity index (χ2n) is 3.31. The Hall–Kier alpha value is -1.26. The summed E-state index contributed by atoms with van der Waals surface area (Å²) in [5.41, 5.74) is 8.47. The van der Waals surface area contributed by atoms with Crippen LogP contribution in [0.5, 0.6) is 0 Å². The highest BCUT2D eigenvalue weighted by Gasteiger charge is 2.01. The van der Waals surface area contributed by atoms with Crippen molar-refractivity contribution in [3.05, 3.63) is 29.8 Å². The zero-order valence-corrected chi connectivity index (χ0v) is 7.83.